The van der Waals surface area contributed by atoms with Crippen molar-refractivity contribution in [2.45, 2.75) is 50.8 Å². The fraction of sp³-hybridized carbons (Fsp3) is 0.625. The summed E-state index contributed by atoms with van der Waals surface area (Å²) in [5.41, 5.74) is 1.95. The van der Waals surface area contributed by atoms with E-state index in [1.54, 1.807) is 0 Å². The summed E-state index contributed by atoms with van der Waals surface area (Å²) >= 11 is 0. The normalized spacial score (nSPS) is 26.5. The van der Waals surface area contributed by atoms with E-state index < -0.39 is 0 Å². The van der Waals surface area contributed by atoms with Crippen LogP contribution in [-0.2, 0) is 11.2 Å². The van der Waals surface area contributed by atoms with Crippen molar-refractivity contribution >= 4 is 11.2 Å². The number of imidazole rings is 1. The molecule has 2 aromatic rings. The summed E-state index contributed by atoms with van der Waals surface area (Å²) in [6.07, 6.45) is 8.96. The highest BCUT2D eigenvalue weighted by Gasteiger charge is 2.25. The Morgan fingerprint density at radius 3 is 3.10 bits per heavy atom. The van der Waals surface area contributed by atoms with Crippen LogP contribution in [0.2, 0.25) is 0 Å². The molecule has 0 aliphatic carbocycles. The summed E-state index contributed by atoms with van der Waals surface area (Å²) in [4.78, 5) is 9.37. The molecule has 5 nitrogen and oxygen atoms in total. The van der Waals surface area contributed by atoms with Gasteiger partial charge in [-0.15, -0.1) is 0 Å². The number of hydrogen-bond acceptors (Lipinski definition) is 4. The van der Waals surface area contributed by atoms with Crippen LogP contribution in [0.4, 0.5) is 0 Å². The number of rotatable bonds is 3. The van der Waals surface area contributed by atoms with Gasteiger partial charge in [-0.25, -0.2) is 9.97 Å². The van der Waals surface area contributed by atoms with Gasteiger partial charge < -0.3 is 10.1 Å². The molecule has 4 rings (SSSR count). The molecule has 4 heterocycles. The van der Waals surface area contributed by atoms with Crippen molar-refractivity contribution in [2.75, 3.05) is 13.2 Å². The van der Waals surface area contributed by atoms with Gasteiger partial charge in [-0.1, -0.05) is 6.42 Å². The van der Waals surface area contributed by atoms with Gasteiger partial charge in [-0.2, -0.15) is 0 Å². The second kappa shape index (κ2) is 5.73. The third-order valence-electron chi connectivity index (χ3n) is 4.56. The molecule has 2 saturated heterocycles. The van der Waals surface area contributed by atoms with Crippen LogP contribution in [0.25, 0.3) is 11.2 Å². The molecule has 0 radical (unpaired) electrons. The van der Waals surface area contributed by atoms with Crippen LogP contribution >= 0.6 is 0 Å². The van der Waals surface area contributed by atoms with Crippen LogP contribution in [0.15, 0.2) is 18.3 Å². The predicted octanol–water partition coefficient (Wildman–Crippen LogP) is 2.42. The van der Waals surface area contributed by atoms with Gasteiger partial charge in [-0.05, 0) is 44.4 Å². The molecule has 0 amide bonds. The first kappa shape index (κ1) is 13.2. The quantitative estimate of drug-likeness (QED) is 0.941. The molecule has 0 saturated carbocycles. The first-order valence-electron chi connectivity index (χ1n) is 8.08. The summed E-state index contributed by atoms with van der Waals surface area (Å²) in [6.45, 7) is 1.97. The molecule has 112 valence electrons. The highest BCUT2D eigenvalue weighted by atomic mass is 16.5. The fourth-order valence-corrected chi connectivity index (χ4v) is 3.51. The zero-order chi connectivity index (χ0) is 14.1. The molecular formula is C16H22N4O. The number of nitrogens with zero attached hydrogens (tertiary/aromatic N) is 3. The Bertz CT molecular complexity index is 612. The van der Waals surface area contributed by atoms with Crippen molar-refractivity contribution in [3.63, 3.8) is 0 Å². The molecule has 2 aliphatic heterocycles. The highest BCUT2D eigenvalue weighted by Crippen LogP contribution is 2.29. The molecule has 2 unspecified atom stereocenters. The Morgan fingerprint density at radius 1 is 1.29 bits per heavy atom. The Balaban J connectivity index is 1.70. The van der Waals surface area contributed by atoms with Crippen LogP contribution in [0.5, 0.6) is 0 Å². The minimum Gasteiger partial charge on any atom is -0.358 e. The van der Waals surface area contributed by atoms with Crippen LogP contribution in [0.1, 0.15) is 44.2 Å². The lowest BCUT2D eigenvalue weighted by molar-refractivity contribution is 0.0567. The van der Waals surface area contributed by atoms with Crippen molar-refractivity contribution < 1.29 is 4.74 Å². The van der Waals surface area contributed by atoms with E-state index in [1.165, 1.54) is 19.3 Å². The van der Waals surface area contributed by atoms with Gasteiger partial charge in [0.1, 0.15) is 17.6 Å². The van der Waals surface area contributed by atoms with Crippen molar-refractivity contribution in [2.24, 2.45) is 0 Å². The van der Waals surface area contributed by atoms with Gasteiger partial charge in [0.25, 0.3) is 0 Å². The summed E-state index contributed by atoms with van der Waals surface area (Å²) in [5, 5.41) is 3.62. The highest BCUT2D eigenvalue weighted by molar-refractivity contribution is 5.71. The van der Waals surface area contributed by atoms with Gasteiger partial charge >= 0.3 is 0 Å². The molecule has 2 aromatic heterocycles. The van der Waals surface area contributed by atoms with Crippen molar-refractivity contribution in [3.8, 4) is 0 Å². The summed E-state index contributed by atoms with van der Waals surface area (Å²) in [6, 6.07) is 4.54. The van der Waals surface area contributed by atoms with E-state index in [-0.39, 0.29) is 6.23 Å². The minimum atomic E-state index is 0.114. The smallest absolute Gasteiger partial charge is 0.162 e. The van der Waals surface area contributed by atoms with Crippen LogP contribution < -0.4 is 5.32 Å². The number of aromatic nitrogens is 3. The number of ether oxygens (including phenoxy) is 1. The lowest BCUT2D eigenvalue weighted by atomic mass is 10.0. The van der Waals surface area contributed by atoms with Gasteiger partial charge in [-0.3, -0.25) is 4.57 Å². The third kappa shape index (κ3) is 2.56. The van der Waals surface area contributed by atoms with Crippen LogP contribution in [-0.4, -0.2) is 33.7 Å². The number of nitrogens with one attached hydrogen (secondary N) is 1. The van der Waals surface area contributed by atoms with Gasteiger partial charge in [0.2, 0.25) is 0 Å². The van der Waals surface area contributed by atoms with Crippen molar-refractivity contribution in [1.82, 2.24) is 19.9 Å². The van der Waals surface area contributed by atoms with Crippen LogP contribution in [0.3, 0.4) is 0 Å². The standard InChI is InChI=1S/C16H22N4O/c1-2-8-17-12(5-1)11-14-19-13-6-3-9-18-16(13)20(14)15-7-4-10-21-15/h3,6,9,12,15,17H,1-2,4-5,7-8,10-11H2. The average Bonchev–Trinajstić information content (AvgIpc) is 3.14. The average molecular weight is 286 g/mol. The van der Waals surface area contributed by atoms with Crippen LogP contribution in [0, 0.1) is 0 Å². The number of hydrogen-bond donors (Lipinski definition) is 1. The van der Waals surface area contributed by atoms with Gasteiger partial charge in [0, 0.05) is 25.3 Å². The Hall–Kier alpha value is -1.46. The van der Waals surface area contributed by atoms with E-state index in [4.69, 9.17) is 9.72 Å². The maximum absolute atomic E-state index is 5.90. The first-order valence-corrected chi connectivity index (χ1v) is 8.08. The number of piperidine rings is 1. The summed E-state index contributed by atoms with van der Waals surface area (Å²) in [5.74, 6) is 1.12. The number of pyridine rings is 1. The molecule has 0 aromatic carbocycles. The second-order valence-electron chi connectivity index (χ2n) is 6.06. The predicted molar refractivity (Wildman–Crippen MR) is 81.1 cm³/mol. The largest absolute Gasteiger partial charge is 0.358 e. The second-order valence-corrected chi connectivity index (χ2v) is 6.06. The molecule has 21 heavy (non-hydrogen) atoms. The summed E-state index contributed by atoms with van der Waals surface area (Å²) < 4.78 is 8.13. The Labute approximate surface area is 124 Å². The zero-order valence-electron chi connectivity index (χ0n) is 12.3. The molecular weight excluding hydrogens is 264 g/mol. The van der Waals surface area contributed by atoms with E-state index in [9.17, 15) is 0 Å². The fourth-order valence-electron chi connectivity index (χ4n) is 3.51. The lowest BCUT2D eigenvalue weighted by Crippen LogP contribution is -2.36. The lowest BCUT2D eigenvalue weighted by Gasteiger charge is -2.24. The SMILES string of the molecule is c1cnc2c(c1)nc(CC1CCCCN1)n2C1CCCO1. The van der Waals surface area contributed by atoms with Gasteiger partial charge in [0.15, 0.2) is 5.65 Å². The molecule has 2 aliphatic rings. The van der Waals surface area contributed by atoms with E-state index in [0.717, 1.165) is 49.4 Å². The maximum Gasteiger partial charge on any atom is 0.162 e. The molecule has 1 N–H and O–H groups in total. The van der Waals surface area contributed by atoms with E-state index in [1.807, 2.05) is 18.3 Å². The summed E-state index contributed by atoms with van der Waals surface area (Å²) in [7, 11) is 0. The molecule has 0 spiro atoms. The maximum atomic E-state index is 5.90. The topological polar surface area (TPSA) is 52.0 Å². The molecule has 2 fully saturated rings. The first-order chi connectivity index (χ1) is 10.4. The van der Waals surface area contributed by atoms with E-state index >= 15 is 0 Å². The Morgan fingerprint density at radius 2 is 2.29 bits per heavy atom. The van der Waals surface area contributed by atoms with E-state index in [2.05, 4.69) is 14.9 Å². The van der Waals surface area contributed by atoms with Gasteiger partial charge in [0.05, 0.1) is 0 Å². The van der Waals surface area contributed by atoms with E-state index in [0.29, 0.717) is 6.04 Å². The molecule has 0 bridgehead atoms. The van der Waals surface area contributed by atoms with Crippen molar-refractivity contribution in [1.29, 1.82) is 0 Å². The zero-order valence-corrected chi connectivity index (χ0v) is 12.3. The molecule has 2 atom stereocenters. The monoisotopic (exact) mass is 286 g/mol. The Kier molecular flexibility index (Phi) is 3.61. The van der Waals surface area contributed by atoms with Crippen molar-refractivity contribution in [3.05, 3.63) is 24.2 Å². The molecule has 5 heteroatoms. The number of fused-ring (bicyclic) bond motifs is 1. The third-order valence-corrected chi connectivity index (χ3v) is 4.56. The minimum absolute atomic E-state index is 0.114.